The summed E-state index contributed by atoms with van der Waals surface area (Å²) in [5, 5.41) is 2.76. The third-order valence-electron chi connectivity index (χ3n) is 6.01. The highest BCUT2D eigenvalue weighted by Gasteiger charge is 2.24. The van der Waals surface area contributed by atoms with E-state index in [0.29, 0.717) is 40.7 Å². The SMILES string of the molecule is C/C(=N\c1cc(OC(=O)C(C)(C)C)ccc1N)NC(=O)c1cccc(CC2N=C(c3cccnc3)C=CC2=O)c1. The van der Waals surface area contributed by atoms with Crippen LogP contribution in [-0.4, -0.2) is 40.2 Å². The number of pyridine rings is 1. The van der Waals surface area contributed by atoms with E-state index >= 15 is 0 Å². The monoisotopic (exact) mass is 537 g/mol. The van der Waals surface area contributed by atoms with Crippen molar-refractivity contribution in [2.24, 2.45) is 15.4 Å². The normalized spacial score (nSPS) is 15.4. The van der Waals surface area contributed by atoms with Crippen molar-refractivity contribution in [3.05, 3.63) is 95.8 Å². The fraction of sp³-hybridized carbons (Fsp3) is 0.226. The highest BCUT2D eigenvalue weighted by Crippen LogP contribution is 2.29. The van der Waals surface area contributed by atoms with Crippen molar-refractivity contribution in [3.63, 3.8) is 0 Å². The quantitative estimate of drug-likeness (QED) is 0.155. The lowest BCUT2D eigenvalue weighted by Gasteiger charge is -2.16. The summed E-state index contributed by atoms with van der Waals surface area (Å²) in [6.45, 7) is 6.92. The van der Waals surface area contributed by atoms with Crippen LogP contribution in [0.1, 0.15) is 49.2 Å². The first-order valence-corrected chi connectivity index (χ1v) is 12.8. The predicted octanol–water partition coefficient (Wildman–Crippen LogP) is 4.63. The molecule has 0 saturated carbocycles. The Labute approximate surface area is 232 Å². The molecule has 2 aromatic carbocycles. The molecule has 2 heterocycles. The van der Waals surface area contributed by atoms with Gasteiger partial charge in [0.1, 0.15) is 17.6 Å². The smallest absolute Gasteiger partial charge is 0.316 e. The van der Waals surface area contributed by atoms with Gasteiger partial charge in [0, 0.05) is 36.0 Å². The van der Waals surface area contributed by atoms with Gasteiger partial charge in [0.2, 0.25) is 0 Å². The summed E-state index contributed by atoms with van der Waals surface area (Å²) in [4.78, 5) is 50.9. The Bertz CT molecular complexity index is 1530. The second-order valence-corrected chi connectivity index (χ2v) is 10.4. The molecule has 0 bridgehead atoms. The fourth-order valence-corrected chi connectivity index (χ4v) is 3.83. The average Bonchev–Trinajstić information content (AvgIpc) is 2.92. The number of nitrogen functional groups attached to an aromatic ring is 1. The number of hydrogen-bond donors (Lipinski definition) is 2. The zero-order valence-electron chi connectivity index (χ0n) is 22.8. The molecule has 1 aromatic heterocycles. The van der Waals surface area contributed by atoms with Gasteiger partial charge in [0.05, 0.1) is 22.5 Å². The van der Waals surface area contributed by atoms with Gasteiger partial charge in [-0.05, 0) is 81.8 Å². The van der Waals surface area contributed by atoms with Crippen LogP contribution in [0, 0.1) is 5.41 Å². The molecule has 4 rings (SSSR count). The number of rotatable bonds is 6. The topological polar surface area (TPSA) is 136 Å². The van der Waals surface area contributed by atoms with E-state index in [1.165, 1.54) is 6.08 Å². The van der Waals surface area contributed by atoms with E-state index in [9.17, 15) is 14.4 Å². The lowest BCUT2D eigenvalue weighted by molar-refractivity contribution is -0.143. The number of hydrogen-bond acceptors (Lipinski definition) is 8. The molecule has 9 nitrogen and oxygen atoms in total. The number of amides is 1. The van der Waals surface area contributed by atoms with Gasteiger partial charge in [0.15, 0.2) is 5.78 Å². The molecule has 1 unspecified atom stereocenters. The summed E-state index contributed by atoms with van der Waals surface area (Å²) in [5.41, 5.74) is 8.83. The maximum atomic E-state index is 13.0. The Morgan fingerprint density at radius 2 is 1.88 bits per heavy atom. The Balaban J connectivity index is 1.46. The number of aromatic nitrogens is 1. The second-order valence-electron chi connectivity index (χ2n) is 10.4. The summed E-state index contributed by atoms with van der Waals surface area (Å²) >= 11 is 0. The van der Waals surface area contributed by atoms with Crippen LogP contribution in [0.25, 0.3) is 0 Å². The van der Waals surface area contributed by atoms with Crippen molar-refractivity contribution < 1.29 is 19.1 Å². The van der Waals surface area contributed by atoms with Crippen molar-refractivity contribution >= 4 is 40.6 Å². The molecule has 1 aliphatic heterocycles. The third-order valence-corrected chi connectivity index (χ3v) is 6.01. The highest BCUT2D eigenvalue weighted by molar-refractivity contribution is 6.15. The Morgan fingerprint density at radius 1 is 1.07 bits per heavy atom. The van der Waals surface area contributed by atoms with E-state index < -0.39 is 11.5 Å². The predicted molar refractivity (Wildman–Crippen MR) is 155 cm³/mol. The standard InChI is InChI=1S/C31H31N5O4/c1-19(34-26-17-23(10-11-24(26)32)40-30(39)31(2,3)4)35-29(38)21-8-5-7-20(15-21)16-27-28(37)13-12-25(36-27)22-9-6-14-33-18-22/h5-15,17-18,27H,16,32H2,1-4H3,(H,34,35,38). The van der Waals surface area contributed by atoms with Gasteiger partial charge in [-0.15, -0.1) is 0 Å². The van der Waals surface area contributed by atoms with Gasteiger partial charge >= 0.3 is 5.97 Å². The maximum Gasteiger partial charge on any atom is 0.316 e. The number of carbonyl (C=O) groups is 3. The molecule has 1 atom stereocenters. The minimum atomic E-state index is -0.668. The zero-order chi connectivity index (χ0) is 28.9. The van der Waals surface area contributed by atoms with Gasteiger partial charge in [-0.1, -0.05) is 12.1 Å². The molecule has 3 aromatic rings. The number of nitrogens with one attached hydrogen (secondary N) is 1. The van der Waals surface area contributed by atoms with Crippen LogP contribution in [-0.2, 0) is 16.0 Å². The van der Waals surface area contributed by atoms with Crippen molar-refractivity contribution in [1.29, 1.82) is 0 Å². The molecule has 0 fully saturated rings. The number of nitrogens with zero attached hydrogens (tertiary/aromatic N) is 3. The van der Waals surface area contributed by atoms with E-state index in [4.69, 9.17) is 10.5 Å². The Morgan fingerprint density at radius 3 is 2.60 bits per heavy atom. The molecule has 1 aliphatic rings. The number of esters is 1. The number of benzene rings is 2. The number of anilines is 1. The van der Waals surface area contributed by atoms with E-state index in [2.05, 4.69) is 20.3 Å². The number of nitrogens with two attached hydrogens (primary N) is 1. The molecule has 3 N–H and O–H groups in total. The van der Waals surface area contributed by atoms with E-state index in [0.717, 1.165) is 11.1 Å². The number of carbonyl (C=O) groups excluding carboxylic acids is 3. The van der Waals surface area contributed by atoms with Crippen molar-refractivity contribution in [2.45, 2.75) is 40.2 Å². The van der Waals surface area contributed by atoms with E-state index in [1.807, 2.05) is 18.2 Å². The number of ketones is 1. The number of ether oxygens (including phenoxy) is 1. The average molecular weight is 538 g/mol. The molecule has 9 heteroatoms. The minimum Gasteiger partial charge on any atom is -0.426 e. The molecule has 0 aliphatic carbocycles. The zero-order valence-corrected chi connectivity index (χ0v) is 22.8. The molecule has 40 heavy (non-hydrogen) atoms. The van der Waals surface area contributed by atoms with Gasteiger partial charge in [-0.2, -0.15) is 0 Å². The Kier molecular flexibility index (Phi) is 8.33. The van der Waals surface area contributed by atoms with Crippen molar-refractivity contribution in [2.75, 3.05) is 5.73 Å². The van der Waals surface area contributed by atoms with Crippen LogP contribution in [0.15, 0.2) is 89.1 Å². The molecule has 204 valence electrons. The first-order chi connectivity index (χ1) is 19.0. The molecule has 0 saturated heterocycles. The summed E-state index contributed by atoms with van der Waals surface area (Å²) in [7, 11) is 0. The number of allylic oxidation sites excluding steroid dienone is 1. The minimum absolute atomic E-state index is 0.0986. The van der Waals surface area contributed by atoms with Crippen LogP contribution < -0.4 is 15.8 Å². The summed E-state index contributed by atoms with van der Waals surface area (Å²) < 4.78 is 5.43. The summed E-state index contributed by atoms with van der Waals surface area (Å²) in [5.74, 6) is -0.243. The van der Waals surface area contributed by atoms with Crippen LogP contribution in [0.3, 0.4) is 0 Å². The molecule has 1 amide bonds. The van der Waals surface area contributed by atoms with Gasteiger partial charge < -0.3 is 15.8 Å². The third kappa shape index (κ3) is 7.13. The lowest BCUT2D eigenvalue weighted by Crippen LogP contribution is -2.28. The molecular formula is C31H31N5O4. The number of aliphatic imine (C=N–C) groups is 2. The number of amidine groups is 1. The van der Waals surface area contributed by atoms with Crippen molar-refractivity contribution in [1.82, 2.24) is 10.3 Å². The van der Waals surface area contributed by atoms with Gasteiger partial charge in [-0.25, -0.2) is 4.99 Å². The number of dihydropyridines is 1. The van der Waals surface area contributed by atoms with Gasteiger partial charge in [-0.3, -0.25) is 24.4 Å². The van der Waals surface area contributed by atoms with Crippen molar-refractivity contribution in [3.8, 4) is 5.75 Å². The highest BCUT2D eigenvalue weighted by atomic mass is 16.5. The second kappa shape index (κ2) is 11.9. The Hall–Kier alpha value is -4.92. The first-order valence-electron chi connectivity index (χ1n) is 12.8. The van der Waals surface area contributed by atoms with Crippen LogP contribution in [0.5, 0.6) is 5.75 Å². The lowest BCUT2D eigenvalue weighted by atomic mass is 9.97. The van der Waals surface area contributed by atoms with Crippen LogP contribution >= 0.6 is 0 Å². The summed E-state index contributed by atoms with van der Waals surface area (Å²) in [6.07, 6.45) is 6.95. The fourth-order valence-electron chi connectivity index (χ4n) is 3.83. The first kappa shape index (κ1) is 28.1. The maximum absolute atomic E-state index is 13.0. The van der Waals surface area contributed by atoms with Crippen LogP contribution in [0.2, 0.25) is 0 Å². The molecular weight excluding hydrogens is 506 g/mol. The largest absolute Gasteiger partial charge is 0.426 e. The van der Waals surface area contributed by atoms with Gasteiger partial charge in [0.25, 0.3) is 5.91 Å². The summed E-state index contributed by atoms with van der Waals surface area (Å²) in [6, 6.07) is 14.9. The molecule has 0 spiro atoms. The molecule has 0 radical (unpaired) electrons. The van der Waals surface area contributed by atoms with Crippen LogP contribution in [0.4, 0.5) is 11.4 Å². The van der Waals surface area contributed by atoms with E-state index in [-0.39, 0.29) is 17.7 Å². The van der Waals surface area contributed by atoms with E-state index in [1.54, 1.807) is 82.6 Å².